The fourth-order valence-corrected chi connectivity index (χ4v) is 1.42. The molecule has 13 heavy (non-hydrogen) atoms. The first kappa shape index (κ1) is 8.40. The fraction of sp³-hybridized carbons (Fsp3) is 0.500. The van der Waals surface area contributed by atoms with E-state index in [9.17, 15) is 10.2 Å². The van der Waals surface area contributed by atoms with Crippen LogP contribution in [0.25, 0.3) is 0 Å². The average molecular weight is 181 g/mol. The summed E-state index contributed by atoms with van der Waals surface area (Å²) in [7, 11) is 0. The Bertz CT molecular complexity index is 270. The number of aromatic nitrogens is 2. The molecule has 0 radical (unpaired) electrons. The van der Waals surface area contributed by atoms with E-state index in [0.717, 1.165) is 0 Å². The van der Waals surface area contributed by atoms with Crippen molar-refractivity contribution in [3.63, 3.8) is 0 Å². The van der Waals surface area contributed by atoms with Crippen LogP contribution in [-0.4, -0.2) is 45.7 Å². The molecule has 1 saturated heterocycles. The van der Waals surface area contributed by atoms with Crippen LogP contribution >= 0.6 is 0 Å². The van der Waals surface area contributed by atoms with Gasteiger partial charge in [-0.05, 0) is 12.1 Å². The molecular formula is C8H11N3O2. The van der Waals surface area contributed by atoms with E-state index in [2.05, 4.69) is 10.2 Å². The van der Waals surface area contributed by atoms with E-state index in [1.807, 2.05) is 4.90 Å². The van der Waals surface area contributed by atoms with Crippen molar-refractivity contribution in [1.82, 2.24) is 10.2 Å². The largest absolute Gasteiger partial charge is 0.389 e. The Hall–Kier alpha value is -1.20. The third kappa shape index (κ3) is 1.61. The second-order valence-electron chi connectivity index (χ2n) is 3.12. The van der Waals surface area contributed by atoms with Crippen molar-refractivity contribution in [3.8, 4) is 0 Å². The van der Waals surface area contributed by atoms with Crippen molar-refractivity contribution >= 4 is 5.82 Å². The van der Waals surface area contributed by atoms with Crippen LogP contribution in [0.1, 0.15) is 0 Å². The van der Waals surface area contributed by atoms with Gasteiger partial charge in [0.25, 0.3) is 0 Å². The van der Waals surface area contributed by atoms with Gasteiger partial charge in [-0.3, -0.25) is 0 Å². The van der Waals surface area contributed by atoms with Gasteiger partial charge < -0.3 is 15.1 Å². The standard InChI is InChI=1S/C8H11N3O2/c12-6-4-11(5-7(6)13)8-2-1-3-9-10-8/h1-3,6-7,12-13H,4-5H2/t6-,7-/m1/s1. The molecule has 5 nitrogen and oxygen atoms in total. The molecule has 0 saturated carbocycles. The minimum atomic E-state index is -0.679. The minimum Gasteiger partial charge on any atom is -0.389 e. The van der Waals surface area contributed by atoms with E-state index in [1.165, 1.54) is 0 Å². The van der Waals surface area contributed by atoms with Gasteiger partial charge in [0.15, 0.2) is 5.82 Å². The van der Waals surface area contributed by atoms with Crippen LogP contribution in [0.5, 0.6) is 0 Å². The van der Waals surface area contributed by atoms with E-state index in [-0.39, 0.29) is 0 Å². The van der Waals surface area contributed by atoms with Crippen LogP contribution in [0.4, 0.5) is 5.82 Å². The lowest BCUT2D eigenvalue weighted by atomic mass is 10.3. The van der Waals surface area contributed by atoms with Gasteiger partial charge in [-0.25, -0.2) is 0 Å². The van der Waals surface area contributed by atoms with Gasteiger partial charge in [-0.15, -0.1) is 5.10 Å². The van der Waals surface area contributed by atoms with Crippen LogP contribution in [-0.2, 0) is 0 Å². The molecule has 1 fully saturated rings. The molecule has 2 N–H and O–H groups in total. The maximum Gasteiger partial charge on any atom is 0.151 e. The number of β-amino-alcohol motifs (C(OH)–C–C–N with tert-alkyl or cyclic N) is 2. The Balaban J connectivity index is 2.12. The highest BCUT2D eigenvalue weighted by Gasteiger charge is 2.30. The molecule has 70 valence electrons. The second-order valence-corrected chi connectivity index (χ2v) is 3.12. The highest BCUT2D eigenvalue weighted by atomic mass is 16.3. The Morgan fingerprint density at radius 3 is 2.54 bits per heavy atom. The molecule has 2 atom stereocenters. The van der Waals surface area contributed by atoms with Crippen molar-refractivity contribution < 1.29 is 10.2 Å². The minimum absolute atomic E-state index is 0.417. The summed E-state index contributed by atoms with van der Waals surface area (Å²) in [5.41, 5.74) is 0. The summed E-state index contributed by atoms with van der Waals surface area (Å²) in [4.78, 5) is 1.81. The topological polar surface area (TPSA) is 69.5 Å². The van der Waals surface area contributed by atoms with Crippen molar-refractivity contribution in [2.24, 2.45) is 0 Å². The molecule has 1 aromatic heterocycles. The molecule has 1 aliphatic rings. The second kappa shape index (κ2) is 3.27. The maximum atomic E-state index is 9.29. The van der Waals surface area contributed by atoms with Crippen LogP contribution in [0.15, 0.2) is 18.3 Å². The highest BCUT2D eigenvalue weighted by Crippen LogP contribution is 2.16. The Labute approximate surface area is 75.6 Å². The molecule has 0 unspecified atom stereocenters. The van der Waals surface area contributed by atoms with Gasteiger partial charge in [0.05, 0.1) is 12.2 Å². The van der Waals surface area contributed by atoms with Crippen molar-refractivity contribution in [2.45, 2.75) is 12.2 Å². The van der Waals surface area contributed by atoms with Crippen molar-refractivity contribution in [1.29, 1.82) is 0 Å². The van der Waals surface area contributed by atoms with Gasteiger partial charge in [-0.2, -0.15) is 5.10 Å². The van der Waals surface area contributed by atoms with E-state index < -0.39 is 12.2 Å². The van der Waals surface area contributed by atoms with Crippen LogP contribution < -0.4 is 4.90 Å². The summed E-state index contributed by atoms with van der Waals surface area (Å²) < 4.78 is 0. The fourth-order valence-electron chi connectivity index (χ4n) is 1.42. The average Bonchev–Trinajstić information content (AvgIpc) is 2.49. The van der Waals surface area contributed by atoms with Gasteiger partial charge in [0.2, 0.25) is 0 Å². The SMILES string of the molecule is O[C@@H]1CN(c2cccnn2)C[C@H]1O. The van der Waals surface area contributed by atoms with E-state index in [4.69, 9.17) is 0 Å². The van der Waals surface area contributed by atoms with Crippen LogP contribution in [0, 0.1) is 0 Å². The summed E-state index contributed by atoms with van der Waals surface area (Å²) in [6.45, 7) is 0.833. The molecule has 0 aromatic carbocycles. The quantitative estimate of drug-likeness (QED) is 0.582. The third-order valence-corrected chi connectivity index (χ3v) is 2.14. The summed E-state index contributed by atoms with van der Waals surface area (Å²) in [6, 6.07) is 3.58. The van der Waals surface area contributed by atoms with Gasteiger partial charge in [0.1, 0.15) is 0 Å². The molecule has 5 heteroatoms. The number of hydrogen-bond acceptors (Lipinski definition) is 5. The lowest BCUT2D eigenvalue weighted by molar-refractivity contribution is 0.0572. The number of nitrogens with zero attached hydrogens (tertiary/aromatic N) is 3. The molecule has 0 bridgehead atoms. The van der Waals surface area contributed by atoms with E-state index >= 15 is 0 Å². The normalized spacial score (nSPS) is 28.0. The zero-order chi connectivity index (χ0) is 9.26. The lowest BCUT2D eigenvalue weighted by Gasteiger charge is -2.14. The zero-order valence-electron chi connectivity index (χ0n) is 7.04. The maximum absolute atomic E-state index is 9.29. The first-order valence-electron chi connectivity index (χ1n) is 4.16. The highest BCUT2D eigenvalue weighted by molar-refractivity contribution is 5.38. The molecule has 0 amide bonds. The summed E-state index contributed by atoms with van der Waals surface area (Å²) >= 11 is 0. The first-order valence-corrected chi connectivity index (χ1v) is 4.16. The number of rotatable bonds is 1. The van der Waals surface area contributed by atoms with Gasteiger partial charge >= 0.3 is 0 Å². The Morgan fingerprint density at radius 2 is 2.00 bits per heavy atom. The van der Waals surface area contributed by atoms with Crippen LogP contribution in [0.3, 0.4) is 0 Å². The number of anilines is 1. The molecule has 2 rings (SSSR count). The Kier molecular flexibility index (Phi) is 2.12. The molecule has 1 aromatic rings. The predicted octanol–water partition coefficient (Wildman–Crippen LogP) is -0.982. The Morgan fingerprint density at radius 1 is 1.31 bits per heavy atom. The van der Waals surface area contributed by atoms with Crippen molar-refractivity contribution in [2.75, 3.05) is 18.0 Å². The first-order chi connectivity index (χ1) is 6.27. The molecular weight excluding hydrogens is 170 g/mol. The smallest absolute Gasteiger partial charge is 0.151 e. The number of aliphatic hydroxyl groups is 2. The van der Waals surface area contributed by atoms with Crippen molar-refractivity contribution in [3.05, 3.63) is 18.3 Å². The van der Waals surface area contributed by atoms with Gasteiger partial charge in [-0.1, -0.05) is 0 Å². The lowest BCUT2D eigenvalue weighted by Crippen LogP contribution is -2.22. The monoisotopic (exact) mass is 181 g/mol. The summed E-state index contributed by atoms with van der Waals surface area (Å²) in [5.74, 6) is 0.693. The molecule has 1 aliphatic heterocycles. The predicted molar refractivity (Wildman–Crippen MR) is 46.3 cm³/mol. The summed E-state index contributed by atoms with van der Waals surface area (Å²) in [6.07, 6.45) is 0.232. The van der Waals surface area contributed by atoms with E-state index in [0.29, 0.717) is 18.9 Å². The molecule has 0 aliphatic carbocycles. The summed E-state index contributed by atoms with van der Waals surface area (Å²) in [5, 5.41) is 26.2. The third-order valence-electron chi connectivity index (χ3n) is 2.14. The molecule has 2 heterocycles. The number of aliphatic hydroxyl groups excluding tert-OH is 2. The van der Waals surface area contributed by atoms with Gasteiger partial charge in [0, 0.05) is 19.3 Å². The zero-order valence-corrected chi connectivity index (χ0v) is 7.04. The van der Waals surface area contributed by atoms with Crippen LogP contribution in [0.2, 0.25) is 0 Å². The number of hydrogen-bond donors (Lipinski definition) is 2. The van der Waals surface area contributed by atoms with E-state index in [1.54, 1.807) is 18.3 Å². The molecule has 0 spiro atoms.